The number of rotatable bonds is 10. The third kappa shape index (κ3) is 7.49. The second-order valence-electron chi connectivity index (χ2n) is 14.9. The average Bonchev–Trinajstić information content (AvgIpc) is 3.24. The van der Waals surface area contributed by atoms with E-state index in [9.17, 15) is 9.90 Å². The molecule has 0 radical (unpaired) electrons. The Kier molecular flexibility index (Phi) is 11.9. The lowest BCUT2D eigenvalue weighted by atomic mass is 9.75. The van der Waals surface area contributed by atoms with Gasteiger partial charge in [-0.1, -0.05) is 62.3 Å². The van der Waals surface area contributed by atoms with E-state index >= 15 is 0 Å². The van der Waals surface area contributed by atoms with Crippen molar-refractivity contribution >= 4 is 5.97 Å². The molecule has 0 saturated carbocycles. The van der Waals surface area contributed by atoms with E-state index in [0.29, 0.717) is 31.0 Å². The molecule has 0 aromatic heterocycles. The summed E-state index contributed by atoms with van der Waals surface area (Å²) in [5.41, 5.74) is 0. The highest BCUT2D eigenvalue weighted by atomic mass is 16.7. The van der Waals surface area contributed by atoms with Crippen LogP contribution in [0.3, 0.4) is 0 Å². The maximum atomic E-state index is 11.6. The molecule has 7 unspecified atom stereocenters. The molecule has 0 aromatic rings. The Balaban J connectivity index is 1.38. The molecule has 4 heterocycles. The second-order valence-corrected chi connectivity index (χ2v) is 14.9. The van der Waals surface area contributed by atoms with Crippen molar-refractivity contribution in [3.05, 3.63) is 11.8 Å². The lowest BCUT2D eigenvalue weighted by molar-refractivity contribution is -0.300. The van der Waals surface area contributed by atoms with Crippen LogP contribution in [0.5, 0.6) is 0 Å². The van der Waals surface area contributed by atoms with Gasteiger partial charge in [-0.3, -0.25) is 0 Å². The summed E-state index contributed by atoms with van der Waals surface area (Å²) < 4.78 is 44.6. The van der Waals surface area contributed by atoms with Gasteiger partial charge in [-0.05, 0) is 62.4 Å². The third-order valence-electron chi connectivity index (χ3n) is 11.6. The summed E-state index contributed by atoms with van der Waals surface area (Å²) in [5.74, 6) is 0.947. The molecule has 0 aromatic carbocycles. The van der Waals surface area contributed by atoms with Gasteiger partial charge in [-0.25, -0.2) is 4.79 Å². The topological polar surface area (TPSA) is 102 Å². The van der Waals surface area contributed by atoms with Crippen LogP contribution < -0.4 is 0 Å². The van der Waals surface area contributed by atoms with Gasteiger partial charge in [0.1, 0.15) is 0 Å². The Morgan fingerprint density at radius 3 is 1.93 bits per heavy atom. The highest BCUT2D eigenvalue weighted by Crippen LogP contribution is 2.42. The van der Waals surface area contributed by atoms with Gasteiger partial charge in [0.15, 0.2) is 12.6 Å². The molecule has 254 valence electrons. The first kappa shape index (κ1) is 35.6. The number of carbonyl (C=O) groups is 1. The van der Waals surface area contributed by atoms with E-state index in [1.54, 1.807) is 6.08 Å². The van der Waals surface area contributed by atoms with Crippen molar-refractivity contribution in [2.45, 2.75) is 132 Å². The third-order valence-corrected chi connectivity index (χ3v) is 11.6. The molecule has 4 rings (SSSR count). The van der Waals surface area contributed by atoms with Crippen molar-refractivity contribution in [1.82, 2.24) is 0 Å². The van der Waals surface area contributed by atoms with Crippen LogP contribution in [0.25, 0.3) is 0 Å². The molecule has 1 N–H and O–H groups in total. The standard InChI is InChI=1S/C35H60O9/c1-16(2)30-19(5)22(8)35(43-30)44-31-20(6)21(7)34(41-26(31)12)38-14-27-23(9)24(10)40-25(11)28(27)15-39-33-18(4)17(3)13-29(42-33)32(36)37/h13,16-28,30-31,33-35H,14-15H2,1-12H3,(H,36,37)/t17-,18?,19-,20-,21?,22?,23-,24?,25?,26?,27-,28?,30-,31+,33-,34-,35+/m1/s1. The molecule has 3 fully saturated rings. The Morgan fingerprint density at radius 2 is 1.32 bits per heavy atom. The molecule has 0 amide bonds. The van der Waals surface area contributed by atoms with Crippen LogP contribution in [0.4, 0.5) is 0 Å². The molecule has 0 aliphatic carbocycles. The van der Waals surface area contributed by atoms with Crippen molar-refractivity contribution in [2.24, 2.45) is 59.2 Å². The summed E-state index contributed by atoms with van der Waals surface area (Å²) in [6, 6.07) is 0. The number of carboxylic acid groups (broad SMARTS) is 1. The van der Waals surface area contributed by atoms with Crippen molar-refractivity contribution in [2.75, 3.05) is 13.2 Å². The van der Waals surface area contributed by atoms with Crippen molar-refractivity contribution in [3.8, 4) is 0 Å². The first-order valence-corrected chi connectivity index (χ1v) is 17.1. The van der Waals surface area contributed by atoms with Crippen LogP contribution in [0.15, 0.2) is 11.8 Å². The maximum Gasteiger partial charge on any atom is 0.370 e. The Labute approximate surface area is 265 Å². The molecule has 4 aliphatic heterocycles. The van der Waals surface area contributed by atoms with Crippen molar-refractivity contribution in [3.63, 3.8) is 0 Å². The Hall–Kier alpha value is -1.23. The molecule has 0 bridgehead atoms. The van der Waals surface area contributed by atoms with Crippen molar-refractivity contribution < 1.29 is 43.1 Å². The number of hydrogen-bond donors (Lipinski definition) is 1. The van der Waals surface area contributed by atoms with Gasteiger partial charge in [0.25, 0.3) is 0 Å². The van der Waals surface area contributed by atoms with E-state index in [0.717, 1.165) is 0 Å². The first-order chi connectivity index (χ1) is 20.6. The average molecular weight is 625 g/mol. The van der Waals surface area contributed by atoms with E-state index in [4.69, 9.17) is 33.2 Å². The van der Waals surface area contributed by atoms with Crippen LogP contribution in [0, 0.1) is 59.2 Å². The number of allylic oxidation sites excluding steroid dienone is 1. The summed E-state index contributed by atoms with van der Waals surface area (Å²) in [6.45, 7) is 26.8. The highest BCUT2D eigenvalue weighted by Gasteiger charge is 2.48. The molecule has 3 saturated heterocycles. The van der Waals surface area contributed by atoms with Gasteiger partial charge in [-0.15, -0.1) is 0 Å². The van der Waals surface area contributed by atoms with E-state index < -0.39 is 12.3 Å². The lowest BCUT2D eigenvalue weighted by Gasteiger charge is -2.47. The summed E-state index contributed by atoms with van der Waals surface area (Å²) in [4.78, 5) is 11.6. The van der Waals surface area contributed by atoms with Crippen LogP contribution in [-0.2, 0) is 38.0 Å². The van der Waals surface area contributed by atoms with Crippen molar-refractivity contribution in [1.29, 1.82) is 0 Å². The van der Waals surface area contributed by atoms with Crippen LogP contribution >= 0.6 is 0 Å². The summed E-state index contributed by atoms with van der Waals surface area (Å²) >= 11 is 0. The monoisotopic (exact) mass is 624 g/mol. The van der Waals surface area contributed by atoms with Crippen LogP contribution in [0.1, 0.15) is 83.1 Å². The maximum absolute atomic E-state index is 11.6. The zero-order valence-electron chi connectivity index (χ0n) is 29.1. The van der Waals surface area contributed by atoms with E-state index in [1.165, 1.54) is 0 Å². The van der Waals surface area contributed by atoms with Crippen LogP contribution in [-0.4, -0.2) is 73.7 Å². The number of carboxylic acids is 1. The summed E-state index contributed by atoms with van der Waals surface area (Å²) in [5, 5.41) is 9.51. The first-order valence-electron chi connectivity index (χ1n) is 17.1. The molecule has 9 heteroatoms. The van der Waals surface area contributed by atoms with Gasteiger partial charge < -0.3 is 38.3 Å². The number of aliphatic carboxylic acids is 1. The van der Waals surface area contributed by atoms with Gasteiger partial charge in [0.05, 0.1) is 43.7 Å². The minimum absolute atomic E-state index is 0.0238. The predicted octanol–water partition coefficient (Wildman–Crippen LogP) is 6.35. The van der Waals surface area contributed by atoms with E-state index in [2.05, 4.69) is 69.2 Å². The zero-order chi connectivity index (χ0) is 32.6. The van der Waals surface area contributed by atoms with E-state index in [1.807, 2.05) is 13.8 Å². The Morgan fingerprint density at radius 1 is 0.705 bits per heavy atom. The zero-order valence-corrected chi connectivity index (χ0v) is 29.1. The minimum Gasteiger partial charge on any atom is -0.475 e. The molecular weight excluding hydrogens is 564 g/mol. The molecule has 17 atom stereocenters. The second kappa shape index (κ2) is 14.7. The molecular formula is C35H60O9. The van der Waals surface area contributed by atoms with Gasteiger partial charge in [-0.2, -0.15) is 0 Å². The fraction of sp³-hybridized carbons (Fsp3) is 0.914. The Bertz CT molecular complexity index is 985. The summed E-state index contributed by atoms with van der Waals surface area (Å²) in [7, 11) is 0. The quantitative estimate of drug-likeness (QED) is 0.298. The molecule has 0 spiro atoms. The van der Waals surface area contributed by atoms with Gasteiger partial charge in [0.2, 0.25) is 12.0 Å². The highest BCUT2D eigenvalue weighted by molar-refractivity contribution is 5.84. The largest absolute Gasteiger partial charge is 0.475 e. The fourth-order valence-electron chi connectivity index (χ4n) is 7.65. The van der Waals surface area contributed by atoms with Gasteiger partial charge >= 0.3 is 5.97 Å². The fourth-order valence-corrected chi connectivity index (χ4v) is 7.65. The molecule has 9 nitrogen and oxygen atoms in total. The molecule has 44 heavy (non-hydrogen) atoms. The minimum atomic E-state index is -1.07. The SMILES string of the molecule is CC1OC(C)[C@@H](C)[C@@H](CO[C@@H]2OC(C)[C@@H](O[C@@H]3O[C@H](C(C)C)[C@H](C)C3C)[C@H](C)C2C)C1CO[C@@H]1OC(C(=O)O)=C[C@@H](C)C1C. The normalized spacial score (nSPS) is 48.2. The summed E-state index contributed by atoms with van der Waals surface area (Å²) in [6.07, 6.45) is 0.464. The molecule has 4 aliphatic rings. The predicted molar refractivity (Wildman–Crippen MR) is 166 cm³/mol. The van der Waals surface area contributed by atoms with Gasteiger partial charge in [0, 0.05) is 23.7 Å². The smallest absolute Gasteiger partial charge is 0.370 e. The van der Waals surface area contributed by atoms with E-state index in [-0.39, 0.29) is 90.3 Å². The lowest BCUT2D eigenvalue weighted by Crippen LogP contribution is -2.53. The number of hydrogen-bond acceptors (Lipinski definition) is 8. The van der Waals surface area contributed by atoms with Crippen LogP contribution in [0.2, 0.25) is 0 Å². The number of ether oxygens (including phenoxy) is 7.